The van der Waals surface area contributed by atoms with Crippen molar-refractivity contribution in [2.75, 3.05) is 13.2 Å². The number of hydrogen-bond acceptors (Lipinski definition) is 10. The Hall–Kier alpha value is -3.92. The summed E-state index contributed by atoms with van der Waals surface area (Å²) in [6.07, 6.45) is -3.87. The van der Waals surface area contributed by atoms with Crippen LogP contribution < -0.4 is 4.74 Å². The fourth-order valence-electron chi connectivity index (χ4n) is 5.42. The van der Waals surface area contributed by atoms with E-state index in [4.69, 9.17) is 28.4 Å². The molecule has 10 heteroatoms. The van der Waals surface area contributed by atoms with Gasteiger partial charge in [-0.3, -0.25) is 19.2 Å². The van der Waals surface area contributed by atoms with Crippen molar-refractivity contribution in [3.05, 3.63) is 64.7 Å². The molecule has 2 aliphatic rings. The van der Waals surface area contributed by atoms with Crippen LogP contribution in [0.3, 0.4) is 0 Å². The van der Waals surface area contributed by atoms with Crippen LogP contribution in [0.5, 0.6) is 5.75 Å². The molecule has 220 valence electrons. The highest BCUT2D eigenvalue weighted by atomic mass is 16.7. The molecule has 6 atom stereocenters. The van der Waals surface area contributed by atoms with Gasteiger partial charge < -0.3 is 28.4 Å². The molecule has 2 aliphatic heterocycles. The molecule has 0 amide bonds. The standard InChI is InChI=1S/C31H36O10/c1-6-21-7-9-22(10-8-21)24-13-14-36-26-12-11-23(15-25(24)26)28-30(39-19(4)34)31(40-20(5)35)29(38-18(3)33)27(41-28)16-37-17(2)32/h7-12,15,24,27-31H,6,13-14,16H2,1-5H3. The van der Waals surface area contributed by atoms with E-state index < -0.39 is 54.4 Å². The first-order valence-corrected chi connectivity index (χ1v) is 13.7. The quantitative estimate of drug-likeness (QED) is 0.341. The molecule has 1 fully saturated rings. The number of esters is 4. The second kappa shape index (κ2) is 13.2. The first-order valence-electron chi connectivity index (χ1n) is 13.7. The summed E-state index contributed by atoms with van der Waals surface area (Å²) >= 11 is 0. The normalized spacial score (nSPS) is 25.2. The van der Waals surface area contributed by atoms with Crippen LogP contribution >= 0.6 is 0 Å². The van der Waals surface area contributed by atoms with Crippen molar-refractivity contribution in [2.24, 2.45) is 0 Å². The number of rotatable bonds is 8. The zero-order valence-electron chi connectivity index (χ0n) is 23.9. The molecular formula is C31H36O10. The maximum absolute atomic E-state index is 12.3. The predicted octanol–water partition coefficient (Wildman–Crippen LogP) is 3.96. The molecule has 6 unspecified atom stereocenters. The Balaban J connectivity index is 1.78. The highest BCUT2D eigenvalue weighted by molar-refractivity contribution is 5.69. The Kier molecular flexibility index (Phi) is 9.65. The Labute approximate surface area is 239 Å². The van der Waals surface area contributed by atoms with Gasteiger partial charge >= 0.3 is 23.9 Å². The van der Waals surface area contributed by atoms with Crippen LogP contribution in [0.15, 0.2) is 42.5 Å². The van der Waals surface area contributed by atoms with Crippen molar-refractivity contribution in [2.45, 2.75) is 83.9 Å². The van der Waals surface area contributed by atoms with E-state index in [1.54, 1.807) is 6.07 Å². The molecule has 41 heavy (non-hydrogen) atoms. The molecule has 0 aromatic heterocycles. The second-order valence-corrected chi connectivity index (χ2v) is 10.2. The molecule has 2 heterocycles. The fourth-order valence-corrected chi connectivity index (χ4v) is 5.42. The molecule has 0 radical (unpaired) electrons. The fraction of sp³-hybridized carbons (Fsp3) is 0.484. The van der Waals surface area contributed by atoms with Crippen LogP contribution in [-0.4, -0.2) is 61.5 Å². The third-order valence-corrected chi connectivity index (χ3v) is 7.18. The van der Waals surface area contributed by atoms with Crippen LogP contribution in [-0.2, 0) is 49.3 Å². The number of aryl methyl sites for hydroxylation is 1. The summed E-state index contributed by atoms with van der Waals surface area (Å²) in [4.78, 5) is 48.1. The van der Waals surface area contributed by atoms with Gasteiger partial charge in [0.15, 0.2) is 18.3 Å². The van der Waals surface area contributed by atoms with E-state index in [0.29, 0.717) is 12.2 Å². The molecule has 2 aromatic carbocycles. The lowest BCUT2D eigenvalue weighted by atomic mass is 9.83. The average Bonchev–Trinajstić information content (AvgIpc) is 2.93. The summed E-state index contributed by atoms with van der Waals surface area (Å²) in [5, 5.41) is 0. The molecule has 0 N–H and O–H groups in total. The Morgan fingerprint density at radius 2 is 1.39 bits per heavy atom. The lowest BCUT2D eigenvalue weighted by Crippen LogP contribution is -2.59. The number of hydrogen-bond donors (Lipinski definition) is 0. The topological polar surface area (TPSA) is 124 Å². The van der Waals surface area contributed by atoms with Crippen molar-refractivity contribution < 1.29 is 47.6 Å². The number of ether oxygens (including phenoxy) is 6. The second-order valence-electron chi connectivity index (χ2n) is 10.2. The number of fused-ring (bicyclic) bond motifs is 1. The van der Waals surface area contributed by atoms with E-state index in [1.165, 1.54) is 33.3 Å². The van der Waals surface area contributed by atoms with Crippen LogP contribution in [0.1, 0.15) is 75.3 Å². The molecule has 0 spiro atoms. The lowest BCUT2D eigenvalue weighted by molar-refractivity contribution is -0.254. The first-order chi connectivity index (χ1) is 19.6. The largest absolute Gasteiger partial charge is 0.493 e. The van der Waals surface area contributed by atoms with Gasteiger partial charge in [-0.05, 0) is 41.7 Å². The monoisotopic (exact) mass is 568 g/mol. The summed E-state index contributed by atoms with van der Waals surface area (Å²) < 4.78 is 34.3. The van der Waals surface area contributed by atoms with Gasteiger partial charge in [-0.25, -0.2) is 0 Å². The van der Waals surface area contributed by atoms with Gasteiger partial charge in [0.05, 0.1) is 6.61 Å². The van der Waals surface area contributed by atoms with Crippen molar-refractivity contribution in [1.82, 2.24) is 0 Å². The van der Waals surface area contributed by atoms with Crippen molar-refractivity contribution in [3.63, 3.8) is 0 Å². The Morgan fingerprint density at radius 1 is 0.780 bits per heavy atom. The average molecular weight is 569 g/mol. The van der Waals surface area contributed by atoms with Gasteiger partial charge in [0.1, 0.15) is 24.6 Å². The molecule has 10 nitrogen and oxygen atoms in total. The van der Waals surface area contributed by atoms with Crippen LogP contribution in [0.25, 0.3) is 0 Å². The summed E-state index contributed by atoms with van der Waals surface area (Å²) in [7, 11) is 0. The van der Waals surface area contributed by atoms with Gasteiger partial charge in [-0.15, -0.1) is 0 Å². The van der Waals surface area contributed by atoms with E-state index in [-0.39, 0.29) is 12.5 Å². The van der Waals surface area contributed by atoms with Crippen LogP contribution in [0, 0.1) is 0 Å². The van der Waals surface area contributed by atoms with Crippen LogP contribution in [0.2, 0.25) is 0 Å². The van der Waals surface area contributed by atoms with Crippen molar-refractivity contribution in [1.29, 1.82) is 0 Å². The Bertz CT molecular complexity index is 1270. The number of benzene rings is 2. The molecular weight excluding hydrogens is 532 g/mol. The van der Waals surface area contributed by atoms with E-state index in [1.807, 2.05) is 12.1 Å². The van der Waals surface area contributed by atoms with Crippen LogP contribution in [0.4, 0.5) is 0 Å². The maximum atomic E-state index is 12.3. The highest BCUT2D eigenvalue weighted by Crippen LogP contribution is 2.43. The number of carbonyl (C=O) groups is 4. The zero-order valence-corrected chi connectivity index (χ0v) is 23.9. The SMILES string of the molecule is CCc1ccc(C2CCOc3ccc(C4OC(COC(C)=O)C(OC(C)=O)C(OC(C)=O)C4OC(C)=O)cc32)cc1. The van der Waals surface area contributed by atoms with E-state index in [0.717, 1.165) is 29.7 Å². The van der Waals surface area contributed by atoms with E-state index in [2.05, 4.69) is 31.2 Å². The highest BCUT2D eigenvalue weighted by Gasteiger charge is 2.52. The third-order valence-electron chi connectivity index (χ3n) is 7.18. The first kappa shape index (κ1) is 30.0. The van der Waals surface area contributed by atoms with Gasteiger partial charge in [0.25, 0.3) is 0 Å². The summed E-state index contributed by atoms with van der Waals surface area (Å²) in [6.45, 7) is 7.25. The molecule has 2 aromatic rings. The molecule has 0 bridgehead atoms. The van der Waals surface area contributed by atoms with E-state index >= 15 is 0 Å². The number of carbonyl (C=O) groups excluding carboxylic acids is 4. The van der Waals surface area contributed by atoms with Gasteiger partial charge in [0, 0.05) is 39.2 Å². The van der Waals surface area contributed by atoms with Crippen molar-refractivity contribution >= 4 is 23.9 Å². The summed E-state index contributed by atoms with van der Waals surface area (Å²) in [5.41, 5.74) is 3.95. The Morgan fingerprint density at radius 3 is 2.00 bits per heavy atom. The molecule has 0 saturated carbocycles. The summed E-state index contributed by atoms with van der Waals surface area (Å²) in [6, 6.07) is 14.1. The summed E-state index contributed by atoms with van der Waals surface area (Å²) in [5.74, 6) is -1.78. The lowest BCUT2D eigenvalue weighted by Gasteiger charge is -2.44. The minimum Gasteiger partial charge on any atom is -0.493 e. The maximum Gasteiger partial charge on any atom is 0.303 e. The molecule has 0 aliphatic carbocycles. The molecule has 4 rings (SSSR count). The van der Waals surface area contributed by atoms with Gasteiger partial charge in [-0.1, -0.05) is 37.3 Å². The smallest absolute Gasteiger partial charge is 0.303 e. The predicted molar refractivity (Wildman–Crippen MR) is 145 cm³/mol. The zero-order chi connectivity index (χ0) is 29.7. The minimum atomic E-state index is -1.23. The molecule has 1 saturated heterocycles. The third kappa shape index (κ3) is 7.24. The van der Waals surface area contributed by atoms with Gasteiger partial charge in [-0.2, -0.15) is 0 Å². The van der Waals surface area contributed by atoms with Crippen molar-refractivity contribution in [3.8, 4) is 5.75 Å². The van der Waals surface area contributed by atoms with Gasteiger partial charge in [0.2, 0.25) is 0 Å². The minimum absolute atomic E-state index is 0.0512. The van der Waals surface area contributed by atoms with E-state index in [9.17, 15) is 19.2 Å².